The van der Waals surface area contributed by atoms with E-state index < -0.39 is 21.7 Å². The van der Waals surface area contributed by atoms with Crippen LogP contribution in [0.15, 0.2) is 91.3 Å². The van der Waals surface area contributed by atoms with Crippen LogP contribution < -0.4 is 42.0 Å². The molecule has 44 heavy (non-hydrogen) atoms. The Kier molecular flexibility index (Phi) is 8.48. The molecule has 2 heterocycles. The van der Waals surface area contributed by atoms with Gasteiger partial charge in [-0.15, -0.1) is 0 Å². The summed E-state index contributed by atoms with van der Waals surface area (Å²) in [5.41, 5.74) is 1.77. The minimum Gasteiger partial charge on any atom is -0.344 e. The van der Waals surface area contributed by atoms with Gasteiger partial charge in [-0.25, -0.2) is 0 Å². The van der Waals surface area contributed by atoms with Crippen molar-refractivity contribution in [1.82, 2.24) is 0 Å². The van der Waals surface area contributed by atoms with Crippen LogP contribution in [0.2, 0.25) is 0 Å². The Labute approximate surface area is 258 Å². The SMILES string of the molecule is CCCCN1/C(=C/C=c2c(=O)c(=O)c(=C/C=C3/N(CCCC)c4ccccc4C3(C)C)c(=O)c2=O)C(C)(C)c2ccccc21. The number of benzene rings is 3. The largest absolute Gasteiger partial charge is 0.344 e. The van der Waals surface area contributed by atoms with E-state index in [0.29, 0.717) is 0 Å². The monoisotopic (exact) mass is 590 g/mol. The molecule has 0 unspecified atom stereocenters. The molecule has 2 aliphatic heterocycles. The molecule has 0 N–H and O–H groups in total. The number of para-hydroxylation sites is 2. The first kappa shape index (κ1) is 31.1. The molecule has 0 aromatic heterocycles. The third kappa shape index (κ3) is 5.10. The van der Waals surface area contributed by atoms with Crippen LogP contribution in [0.5, 0.6) is 0 Å². The minimum absolute atomic E-state index is 0.377. The van der Waals surface area contributed by atoms with Crippen LogP contribution in [-0.2, 0) is 10.8 Å². The van der Waals surface area contributed by atoms with Gasteiger partial charge < -0.3 is 9.80 Å². The summed E-state index contributed by atoms with van der Waals surface area (Å²) in [5, 5.41) is -0.754. The number of anilines is 2. The summed E-state index contributed by atoms with van der Waals surface area (Å²) in [5.74, 6) is 0. The molecule has 0 saturated carbocycles. The Balaban J connectivity index is 1.64. The Hall–Kier alpha value is -4.32. The van der Waals surface area contributed by atoms with Gasteiger partial charge in [-0.05, 0) is 60.4 Å². The zero-order valence-electron chi connectivity index (χ0n) is 26.7. The molecule has 6 heteroatoms. The Morgan fingerprint density at radius 1 is 0.545 bits per heavy atom. The summed E-state index contributed by atoms with van der Waals surface area (Å²) in [6.07, 6.45) is 10.2. The molecule has 6 nitrogen and oxygen atoms in total. The number of nitrogens with zero attached hydrogens (tertiary/aromatic N) is 2. The van der Waals surface area contributed by atoms with Gasteiger partial charge in [-0.2, -0.15) is 0 Å². The summed E-state index contributed by atoms with van der Waals surface area (Å²) in [6.45, 7) is 14.2. The number of hydrogen-bond acceptors (Lipinski definition) is 6. The molecule has 0 saturated heterocycles. The third-order valence-electron chi connectivity index (χ3n) is 9.28. The average molecular weight is 591 g/mol. The summed E-state index contributed by atoms with van der Waals surface area (Å²) >= 11 is 0. The van der Waals surface area contributed by atoms with Crippen LogP contribution in [0, 0.1) is 0 Å². The first-order valence-electron chi connectivity index (χ1n) is 15.7. The summed E-state index contributed by atoms with van der Waals surface area (Å²) in [4.78, 5) is 57.7. The maximum Gasteiger partial charge on any atom is 0.237 e. The number of rotatable bonds is 8. The van der Waals surface area contributed by atoms with Crippen molar-refractivity contribution in [3.8, 4) is 0 Å². The highest BCUT2D eigenvalue weighted by Crippen LogP contribution is 2.48. The molecular formula is C38H42N2O4. The van der Waals surface area contributed by atoms with Crippen molar-refractivity contribution in [3.63, 3.8) is 0 Å². The predicted molar refractivity (Wildman–Crippen MR) is 182 cm³/mol. The lowest BCUT2D eigenvalue weighted by Gasteiger charge is -2.27. The molecule has 0 atom stereocenters. The van der Waals surface area contributed by atoms with E-state index in [1.54, 1.807) is 12.2 Å². The van der Waals surface area contributed by atoms with Gasteiger partial charge in [0.25, 0.3) is 0 Å². The molecule has 5 rings (SSSR count). The molecule has 3 aromatic carbocycles. The first-order valence-corrected chi connectivity index (χ1v) is 15.7. The van der Waals surface area contributed by atoms with Crippen LogP contribution in [0.25, 0.3) is 12.2 Å². The van der Waals surface area contributed by atoms with Crippen molar-refractivity contribution in [2.24, 2.45) is 0 Å². The van der Waals surface area contributed by atoms with E-state index in [-0.39, 0.29) is 21.3 Å². The highest BCUT2D eigenvalue weighted by Gasteiger charge is 2.40. The van der Waals surface area contributed by atoms with Crippen LogP contribution in [-0.4, -0.2) is 13.1 Å². The lowest BCUT2D eigenvalue weighted by Crippen LogP contribution is -2.64. The van der Waals surface area contributed by atoms with E-state index in [4.69, 9.17) is 0 Å². The predicted octanol–water partition coefficient (Wildman–Crippen LogP) is 4.53. The van der Waals surface area contributed by atoms with Crippen LogP contribution in [0.4, 0.5) is 11.4 Å². The van der Waals surface area contributed by atoms with Crippen molar-refractivity contribution < 1.29 is 0 Å². The molecule has 3 aromatic rings. The molecule has 0 fully saturated rings. The summed E-state index contributed by atoms with van der Waals surface area (Å²) < 4.78 is 0. The van der Waals surface area contributed by atoms with Crippen molar-refractivity contribution >= 4 is 23.5 Å². The molecule has 0 spiro atoms. The number of hydrogen-bond donors (Lipinski definition) is 0. The second-order valence-electron chi connectivity index (χ2n) is 12.9. The van der Waals surface area contributed by atoms with Gasteiger partial charge >= 0.3 is 0 Å². The molecule has 228 valence electrons. The molecule has 2 aliphatic rings. The van der Waals surface area contributed by atoms with Gasteiger partial charge in [0.2, 0.25) is 21.7 Å². The van der Waals surface area contributed by atoms with Gasteiger partial charge in [-0.3, -0.25) is 19.2 Å². The number of allylic oxidation sites excluding steroid dienone is 4. The Morgan fingerprint density at radius 3 is 1.23 bits per heavy atom. The van der Waals surface area contributed by atoms with Crippen molar-refractivity contribution in [1.29, 1.82) is 0 Å². The Morgan fingerprint density at radius 2 is 0.886 bits per heavy atom. The molecule has 0 radical (unpaired) electrons. The lowest BCUT2D eigenvalue weighted by molar-refractivity contribution is 0.625. The highest BCUT2D eigenvalue weighted by atomic mass is 16.2. The smallest absolute Gasteiger partial charge is 0.237 e. The van der Waals surface area contributed by atoms with E-state index in [9.17, 15) is 19.2 Å². The normalized spacial score (nSPS) is 18.1. The zero-order chi connectivity index (χ0) is 31.8. The quantitative estimate of drug-likeness (QED) is 0.359. The van der Waals surface area contributed by atoms with Crippen molar-refractivity contribution in [2.75, 3.05) is 22.9 Å². The first-order chi connectivity index (χ1) is 21.0. The fourth-order valence-electron chi connectivity index (χ4n) is 6.72. The maximum absolute atomic E-state index is 13.3. The minimum atomic E-state index is -0.943. The number of unbranched alkanes of at least 4 members (excludes halogenated alkanes) is 2. The topological polar surface area (TPSA) is 74.8 Å². The van der Waals surface area contributed by atoms with Crippen LogP contribution in [0.1, 0.15) is 78.4 Å². The van der Waals surface area contributed by atoms with Gasteiger partial charge in [0.1, 0.15) is 0 Å². The van der Waals surface area contributed by atoms with E-state index in [1.807, 2.05) is 24.3 Å². The Bertz CT molecular complexity index is 1800. The van der Waals surface area contributed by atoms with Crippen LogP contribution in [0.3, 0.4) is 0 Å². The third-order valence-corrected chi connectivity index (χ3v) is 9.28. The number of fused-ring (bicyclic) bond motifs is 2. The molecule has 0 bridgehead atoms. The second kappa shape index (κ2) is 12.0. The lowest BCUT2D eigenvalue weighted by atomic mass is 9.83. The molecule has 0 amide bonds. The van der Waals surface area contributed by atoms with Gasteiger partial charge in [0, 0.05) is 46.7 Å². The maximum atomic E-state index is 13.3. The average Bonchev–Trinajstić information content (AvgIpc) is 3.36. The fraction of sp³-hybridized carbons (Fsp3) is 0.368. The second-order valence-corrected chi connectivity index (χ2v) is 12.9. The molecule has 0 aliphatic carbocycles. The van der Waals surface area contributed by atoms with Crippen molar-refractivity contribution in [3.05, 3.63) is 135 Å². The van der Waals surface area contributed by atoms with E-state index in [1.165, 1.54) is 12.2 Å². The molecular weight excluding hydrogens is 548 g/mol. The van der Waals surface area contributed by atoms with E-state index in [2.05, 4.69) is 75.6 Å². The van der Waals surface area contributed by atoms with E-state index in [0.717, 1.165) is 72.7 Å². The van der Waals surface area contributed by atoms with Gasteiger partial charge in [0.15, 0.2) is 0 Å². The fourth-order valence-corrected chi connectivity index (χ4v) is 6.72. The summed E-state index contributed by atoms with van der Waals surface area (Å²) in [7, 11) is 0. The standard InChI is InChI=1S/C38H42N2O4/c1-7-9-23-39-29-17-13-11-15-27(29)37(3,4)31(39)21-19-25-33(41)35(43)26(36(44)34(25)42)20-22-32-38(5,6)28-16-12-14-18-30(28)40(32)24-10-8-2/h11-22H,7-10,23-24H2,1-6H3/b25-19?,26-20?,31-21+,32-22+. The highest BCUT2D eigenvalue weighted by molar-refractivity contribution is 5.73. The van der Waals surface area contributed by atoms with Gasteiger partial charge in [0.05, 0.1) is 10.4 Å². The summed E-state index contributed by atoms with van der Waals surface area (Å²) in [6, 6.07) is 16.3. The van der Waals surface area contributed by atoms with Crippen LogP contribution >= 0.6 is 0 Å². The van der Waals surface area contributed by atoms with E-state index >= 15 is 0 Å². The van der Waals surface area contributed by atoms with Gasteiger partial charge in [-0.1, -0.05) is 90.8 Å². The zero-order valence-corrected chi connectivity index (χ0v) is 26.7. The van der Waals surface area contributed by atoms with Crippen molar-refractivity contribution in [2.45, 2.75) is 78.1 Å².